The minimum absolute atomic E-state index is 0.00352. The molecule has 1 aliphatic rings. The largest absolute Gasteiger partial charge is 0.416 e. The minimum atomic E-state index is -0.230. The number of thioether (sulfide) groups is 1. The monoisotopic (exact) mass is 284 g/mol. The molecule has 2 rings (SSSR count). The lowest BCUT2D eigenvalue weighted by Crippen LogP contribution is -2.36. The predicted molar refractivity (Wildman–Crippen MR) is 68.7 cm³/mol. The Morgan fingerprint density at radius 2 is 2.16 bits per heavy atom. The molecule has 1 heterocycles. The second kappa shape index (κ2) is 6.05. The van der Waals surface area contributed by atoms with E-state index >= 15 is 0 Å². The summed E-state index contributed by atoms with van der Waals surface area (Å²) in [5.74, 6) is 0.852. The fourth-order valence-electron chi connectivity index (χ4n) is 1.28. The normalized spacial score (nSPS) is 14.2. The maximum Gasteiger partial charge on any atom is 0.277 e. The molecule has 0 spiro atoms. The standard InChI is InChI=1S/C11H16N4O3S/c1-15(2)9(17)5-12-8(16)6-19-11-14-13-10(18-11)7-3-4-7/h7H,3-6H2,1-2H3,(H,12,16). The summed E-state index contributed by atoms with van der Waals surface area (Å²) in [5.41, 5.74) is 0. The van der Waals surface area contributed by atoms with Crippen LogP contribution in [0, 0.1) is 0 Å². The number of hydrogen-bond acceptors (Lipinski definition) is 6. The van der Waals surface area contributed by atoms with Crippen LogP contribution in [-0.2, 0) is 9.59 Å². The van der Waals surface area contributed by atoms with Crippen molar-refractivity contribution in [3.8, 4) is 0 Å². The summed E-state index contributed by atoms with van der Waals surface area (Å²) in [4.78, 5) is 24.2. The van der Waals surface area contributed by atoms with E-state index in [4.69, 9.17) is 4.42 Å². The van der Waals surface area contributed by atoms with Crippen molar-refractivity contribution >= 4 is 23.6 Å². The molecule has 0 bridgehead atoms. The van der Waals surface area contributed by atoms with Crippen LogP contribution in [0.4, 0.5) is 0 Å². The molecule has 0 aromatic carbocycles. The number of rotatable bonds is 6. The zero-order valence-electron chi connectivity index (χ0n) is 10.9. The minimum Gasteiger partial charge on any atom is -0.416 e. The van der Waals surface area contributed by atoms with Gasteiger partial charge in [0.25, 0.3) is 5.22 Å². The van der Waals surface area contributed by atoms with E-state index in [1.165, 1.54) is 16.7 Å². The molecule has 1 N–H and O–H groups in total. The lowest BCUT2D eigenvalue weighted by molar-refractivity contribution is -0.130. The SMILES string of the molecule is CN(C)C(=O)CNC(=O)CSc1nnc(C2CC2)o1. The van der Waals surface area contributed by atoms with E-state index in [-0.39, 0.29) is 24.1 Å². The van der Waals surface area contributed by atoms with Gasteiger partial charge >= 0.3 is 0 Å². The van der Waals surface area contributed by atoms with Crippen LogP contribution >= 0.6 is 11.8 Å². The Labute approximate surface area is 115 Å². The van der Waals surface area contributed by atoms with Crippen molar-refractivity contribution in [2.75, 3.05) is 26.4 Å². The summed E-state index contributed by atoms with van der Waals surface area (Å²) in [6, 6.07) is 0. The smallest absolute Gasteiger partial charge is 0.277 e. The van der Waals surface area contributed by atoms with Crippen molar-refractivity contribution in [1.82, 2.24) is 20.4 Å². The van der Waals surface area contributed by atoms with Crippen LogP contribution in [0.2, 0.25) is 0 Å². The fourth-order valence-corrected chi connectivity index (χ4v) is 1.88. The molecule has 0 saturated heterocycles. The predicted octanol–water partition coefficient (Wildman–Crippen LogP) is 0.244. The van der Waals surface area contributed by atoms with E-state index in [1.54, 1.807) is 14.1 Å². The van der Waals surface area contributed by atoms with Crippen molar-refractivity contribution in [3.05, 3.63) is 5.89 Å². The van der Waals surface area contributed by atoms with Crippen LogP contribution in [0.3, 0.4) is 0 Å². The summed E-state index contributed by atoms with van der Waals surface area (Å²) in [5, 5.41) is 10.7. The van der Waals surface area contributed by atoms with Gasteiger partial charge in [0, 0.05) is 20.0 Å². The number of carbonyl (C=O) groups is 2. The van der Waals surface area contributed by atoms with E-state index in [0.29, 0.717) is 17.0 Å². The molecule has 1 aromatic heterocycles. The molecule has 104 valence electrons. The van der Waals surface area contributed by atoms with E-state index in [9.17, 15) is 9.59 Å². The van der Waals surface area contributed by atoms with Crippen LogP contribution in [0.15, 0.2) is 9.64 Å². The van der Waals surface area contributed by atoms with Crippen LogP contribution in [0.25, 0.3) is 0 Å². The van der Waals surface area contributed by atoms with Gasteiger partial charge in [0.1, 0.15) is 0 Å². The molecular formula is C11H16N4O3S. The number of aromatic nitrogens is 2. The number of carbonyl (C=O) groups excluding carboxylic acids is 2. The molecule has 1 saturated carbocycles. The summed E-state index contributed by atoms with van der Waals surface area (Å²) < 4.78 is 5.41. The quantitative estimate of drug-likeness (QED) is 0.753. The first-order chi connectivity index (χ1) is 9.06. The van der Waals surface area contributed by atoms with Gasteiger partial charge in [-0.25, -0.2) is 0 Å². The zero-order valence-corrected chi connectivity index (χ0v) is 11.7. The van der Waals surface area contributed by atoms with Gasteiger partial charge in [-0.1, -0.05) is 11.8 Å². The fraction of sp³-hybridized carbons (Fsp3) is 0.636. The molecule has 8 heteroatoms. The second-order valence-electron chi connectivity index (χ2n) is 4.53. The third-order valence-corrected chi connectivity index (χ3v) is 3.43. The molecule has 1 aromatic rings. The van der Waals surface area contributed by atoms with Crippen LogP contribution in [0.5, 0.6) is 0 Å². The highest BCUT2D eigenvalue weighted by Gasteiger charge is 2.29. The molecule has 0 unspecified atom stereocenters. The average molecular weight is 284 g/mol. The molecule has 1 aliphatic carbocycles. The first kappa shape index (κ1) is 13.9. The van der Waals surface area contributed by atoms with Gasteiger partial charge in [0.05, 0.1) is 12.3 Å². The highest BCUT2D eigenvalue weighted by Crippen LogP contribution is 2.39. The van der Waals surface area contributed by atoms with Crippen molar-refractivity contribution in [2.24, 2.45) is 0 Å². The highest BCUT2D eigenvalue weighted by atomic mass is 32.2. The number of nitrogens with zero attached hydrogens (tertiary/aromatic N) is 3. The van der Waals surface area contributed by atoms with Crippen molar-refractivity contribution in [1.29, 1.82) is 0 Å². The summed E-state index contributed by atoms with van der Waals surface area (Å²) in [6.07, 6.45) is 2.19. The molecular weight excluding hydrogens is 268 g/mol. The topological polar surface area (TPSA) is 88.3 Å². The van der Waals surface area contributed by atoms with Gasteiger partial charge in [0.2, 0.25) is 17.7 Å². The van der Waals surface area contributed by atoms with Crippen LogP contribution < -0.4 is 5.32 Å². The van der Waals surface area contributed by atoms with Gasteiger partial charge in [-0.3, -0.25) is 9.59 Å². The summed E-state index contributed by atoms with van der Waals surface area (Å²) in [6.45, 7) is 0.00352. The summed E-state index contributed by atoms with van der Waals surface area (Å²) in [7, 11) is 3.28. The maximum absolute atomic E-state index is 11.5. The van der Waals surface area contributed by atoms with Gasteiger partial charge < -0.3 is 14.6 Å². The number of likely N-dealkylation sites (N-methyl/N-ethyl adjacent to an activating group) is 1. The van der Waals surface area contributed by atoms with Gasteiger partial charge in [-0.05, 0) is 12.8 Å². The molecule has 0 aliphatic heterocycles. The maximum atomic E-state index is 11.5. The van der Waals surface area contributed by atoms with Crippen LogP contribution in [-0.4, -0.2) is 53.3 Å². The molecule has 2 amide bonds. The Bertz CT molecular complexity index is 470. The number of nitrogens with one attached hydrogen (secondary N) is 1. The third kappa shape index (κ3) is 4.23. The molecule has 0 atom stereocenters. The van der Waals surface area contributed by atoms with E-state index in [1.807, 2.05) is 0 Å². The van der Waals surface area contributed by atoms with Crippen molar-refractivity contribution < 1.29 is 14.0 Å². The molecule has 1 fully saturated rings. The van der Waals surface area contributed by atoms with Crippen molar-refractivity contribution in [2.45, 2.75) is 24.0 Å². The van der Waals surface area contributed by atoms with Gasteiger partial charge in [-0.15, -0.1) is 10.2 Å². The van der Waals surface area contributed by atoms with E-state index in [0.717, 1.165) is 12.8 Å². The number of amides is 2. The Kier molecular flexibility index (Phi) is 4.41. The average Bonchev–Trinajstić information content (AvgIpc) is 3.12. The van der Waals surface area contributed by atoms with Crippen molar-refractivity contribution in [3.63, 3.8) is 0 Å². The molecule has 0 radical (unpaired) electrons. The Morgan fingerprint density at radius 1 is 1.42 bits per heavy atom. The lowest BCUT2D eigenvalue weighted by atomic mass is 10.4. The first-order valence-electron chi connectivity index (χ1n) is 5.99. The Morgan fingerprint density at radius 3 is 2.79 bits per heavy atom. The lowest BCUT2D eigenvalue weighted by Gasteiger charge is -2.10. The Balaban J connectivity index is 1.69. The number of hydrogen-bond donors (Lipinski definition) is 1. The Hall–Kier alpha value is -1.57. The highest BCUT2D eigenvalue weighted by molar-refractivity contribution is 7.99. The first-order valence-corrected chi connectivity index (χ1v) is 6.98. The van der Waals surface area contributed by atoms with Gasteiger partial charge in [0.15, 0.2) is 0 Å². The van der Waals surface area contributed by atoms with Crippen LogP contribution in [0.1, 0.15) is 24.7 Å². The molecule has 19 heavy (non-hydrogen) atoms. The van der Waals surface area contributed by atoms with E-state index in [2.05, 4.69) is 15.5 Å². The zero-order chi connectivity index (χ0) is 13.8. The third-order valence-electron chi connectivity index (χ3n) is 2.61. The summed E-state index contributed by atoms with van der Waals surface area (Å²) >= 11 is 1.18. The van der Waals surface area contributed by atoms with Gasteiger partial charge in [-0.2, -0.15) is 0 Å². The molecule has 7 nitrogen and oxygen atoms in total. The second-order valence-corrected chi connectivity index (χ2v) is 5.46. The van der Waals surface area contributed by atoms with E-state index < -0.39 is 0 Å².